The first-order valence-corrected chi connectivity index (χ1v) is 7.41. The van der Waals surface area contributed by atoms with Gasteiger partial charge in [-0.1, -0.05) is 0 Å². The van der Waals surface area contributed by atoms with E-state index in [4.69, 9.17) is 9.47 Å². The highest BCUT2D eigenvalue weighted by Gasteiger charge is 2.25. The summed E-state index contributed by atoms with van der Waals surface area (Å²) in [6.07, 6.45) is 1.87. The maximum atomic E-state index is 5.52. The van der Waals surface area contributed by atoms with Gasteiger partial charge in [0.05, 0.1) is 0 Å². The van der Waals surface area contributed by atoms with E-state index in [0.29, 0.717) is 18.9 Å². The van der Waals surface area contributed by atoms with E-state index in [-0.39, 0.29) is 0 Å². The van der Waals surface area contributed by atoms with Crippen LogP contribution in [-0.2, 0) is 0 Å². The summed E-state index contributed by atoms with van der Waals surface area (Å²) in [6.45, 7) is 6.67. The fourth-order valence-corrected chi connectivity index (χ4v) is 3.09. The Balaban J connectivity index is 1.84. The molecule has 0 amide bonds. The number of rotatable bonds is 1. The monoisotopic (exact) mass is 285 g/mol. The third-order valence-electron chi connectivity index (χ3n) is 4.27. The largest absolute Gasteiger partial charge is 0.454 e. The minimum atomic E-state index is 0.301. The Bertz CT molecular complexity index is 689. The molecule has 4 rings (SSSR count). The molecule has 21 heavy (non-hydrogen) atoms. The first-order chi connectivity index (χ1) is 10.2. The number of fused-ring (bicyclic) bond motifs is 2. The first kappa shape index (κ1) is 12.7. The normalized spacial score (nSPS) is 24.6. The molecule has 1 N–H and O–H groups in total. The number of ether oxygens (including phenoxy) is 2. The molecular formula is C16H19N3O2. The number of pyridine rings is 1. The molecular weight excluding hydrogens is 266 g/mol. The molecule has 0 spiro atoms. The van der Waals surface area contributed by atoms with Gasteiger partial charge in [-0.15, -0.1) is 0 Å². The Kier molecular flexibility index (Phi) is 2.89. The molecule has 0 aliphatic carbocycles. The van der Waals surface area contributed by atoms with Crippen LogP contribution >= 0.6 is 0 Å². The van der Waals surface area contributed by atoms with Crippen molar-refractivity contribution in [3.63, 3.8) is 0 Å². The van der Waals surface area contributed by atoms with Crippen LogP contribution in [-0.4, -0.2) is 37.0 Å². The van der Waals surface area contributed by atoms with Crippen molar-refractivity contribution in [3.05, 3.63) is 24.4 Å². The average Bonchev–Trinajstić information content (AvgIpc) is 2.94. The van der Waals surface area contributed by atoms with Gasteiger partial charge in [0.1, 0.15) is 5.82 Å². The summed E-state index contributed by atoms with van der Waals surface area (Å²) >= 11 is 0. The molecule has 110 valence electrons. The molecule has 2 atom stereocenters. The second-order valence-electron chi connectivity index (χ2n) is 5.87. The summed E-state index contributed by atoms with van der Waals surface area (Å²) < 4.78 is 11.0. The minimum absolute atomic E-state index is 0.301. The molecule has 0 saturated carbocycles. The number of nitrogens with one attached hydrogen (secondary N) is 1. The summed E-state index contributed by atoms with van der Waals surface area (Å²) in [7, 11) is 0. The Hall–Kier alpha value is -2.01. The summed E-state index contributed by atoms with van der Waals surface area (Å²) in [4.78, 5) is 7.02. The smallest absolute Gasteiger partial charge is 0.231 e. The Morgan fingerprint density at radius 1 is 1.24 bits per heavy atom. The van der Waals surface area contributed by atoms with Gasteiger partial charge in [-0.2, -0.15) is 0 Å². The van der Waals surface area contributed by atoms with Crippen LogP contribution in [0.25, 0.3) is 10.8 Å². The van der Waals surface area contributed by atoms with Gasteiger partial charge < -0.3 is 19.7 Å². The van der Waals surface area contributed by atoms with Gasteiger partial charge in [0.15, 0.2) is 11.5 Å². The van der Waals surface area contributed by atoms with Crippen LogP contribution < -0.4 is 19.7 Å². The third-order valence-corrected chi connectivity index (χ3v) is 4.27. The lowest BCUT2D eigenvalue weighted by Gasteiger charge is -2.38. The van der Waals surface area contributed by atoms with Crippen LogP contribution in [0.5, 0.6) is 11.5 Å². The lowest BCUT2D eigenvalue weighted by atomic mass is 10.1. The first-order valence-electron chi connectivity index (χ1n) is 7.41. The maximum Gasteiger partial charge on any atom is 0.231 e. The highest BCUT2D eigenvalue weighted by atomic mass is 16.7. The second-order valence-corrected chi connectivity index (χ2v) is 5.87. The number of anilines is 1. The van der Waals surface area contributed by atoms with Gasteiger partial charge in [-0.05, 0) is 37.4 Å². The Morgan fingerprint density at radius 2 is 2.05 bits per heavy atom. The van der Waals surface area contributed by atoms with Crippen molar-refractivity contribution in [1.82, 2.24) is 10.3 Å². The van der Waals surface area contributed by atoms with Crippen molar-refractivity contribution in [2.45, 2.75) is 25.9 Å². The molecule has 1 aromatic carbocycles. The lowest BCUT2D eigenvalue weighted by Crippen LogP contribution is -2.54. The molecule has 2 aliphatic rings. The number of piperazine rings is 1. The van der Waals surface area contributed by atoms with Crippen LogP contribution in [0.2, 0.25) is 0 Å². The number of aromatic nitrogens is 1. The predicted octanol–water partition coefficient (Wildman–Crippen LogP) is 2.15. The molecule has 0 radical (unpaired) electrons. The van der Waals surface area contributed by atoms with E-state index in [1.807, 2.05) is 18.3 Å². The highest BCUT2D eigenvalue weighted by molar-refractivity contribution is 5.95. The quantitative estimate of drug-likeness (QED) is 0.870. The highest BCUT2D eigenvalue weighted by Crippen LogP contribution is 2.39. The number of nitrogens with zero attached hydrogens (tertiary/aromatic N) is 2. The minimum Gasteiger partial charge on any atom is -0.454 e. The van der Waals surface area contributed by atoms with E-state index < -0.39 is 0 Å². The van der Waals surface area contributed by atoms with Gasteiger partial charge in [-0.25, -0.2) is 4.98 Å². The number of hydrogen-bond donors (Lipinski definition) is 1. The van der Waals surface area contributed by atoms with E-state index in [1.165, 1.54) is 0 Å². The van der Waals surface area contributed by atoms with Crippen molar-refractivity contribution in [2.24, 2.45) is 0 Å². The zero-order valence-corrected chi connectivity index (χ0v) is 12.3. The van der Waals surface area contributed by atoms with Crippen LogP contribution in [0.1, 0.15) is 13.8 Å². The summed E-state index contributed by atoms with van der Waals surface area (Å²) in [5.74, 6) is 2.67. The fourth-order valence-electron chi connectivity index (χ4n) is 3.09. The van der Waals surface area contributed by atoms with Gasteiger partial charge >= 0.3 is 0 Å². The fraction of sp³-hybridized carbons (Fsp3) is 0.438. The number of hydrogen-bond acceptors (Lipinski definition) is 5. The van der Waals surface area contributed by atoms with Crippen molar-refractivity contribution < 1.29 is 9.47 Å². The van der Waals surface area contributed by atoms with Gasteiger partial charge in [0.25, 0.3) is 0 Å². The molecule has 2 unspecified atom stereocenters. The SMILES string of the molecule is CC1CN(c2nccc3cc4c(cc23)OCO4)C(C)CN1. The van der Waals surface area contributed by atoms with Crippen molar-refractivity contribution in [3.8, 4) is 11.5 Å². The van der Waals surface area contributed by atoms with Crippen molar-refractivity contribution >= 4 is 16.6 Å². The van der Waals surface area contributed by atoms with E-state index in [2.05, 4.69) is 35.1 Å². The maximum absolute atomic E-state index is 5.52. The number of benzene rings is 1. The van der Waals surface area contributed by atoms with Crippen LogP contribution in [0.15, 0.2) is 24.4 Å². The molecule has 1 fully saturated rings. The molecule has 5 nitrogen and oxygen atoms in total. The predicted molar refractivity (Wildman–Crippen MR) is 82.1 cm³/mol. The lowest BCUT2D eigenvalue weighted by molar-refractivity contribution is 0.174. The molecule has 0 bridgehead atoms. The average molecular weight is 285 g/mol. The summed E-state index contributed by atoms with van der Waals surface area (Å²) in [5, 5.41) is 5.78. The van der Waals surface area contributed by atoms with Gasteiger partial charge in [-0.3, -0.25) is 0 Å². The molecule has 1 saturated heterocycles. The second kappa shape index (κ2) is 4.77. The molecule has 5 heteroatoms. The third kappa shape index (κ3) is 2.08. The van der Waals surface area contributed by atoms with Crippen molar-refractivity contribution in [2.75, 3.05) is 24.8 Å². The standard InChI is InChI=1S/C16H19N3O2/c1-10-8-19(11(2)7-18-10)16-13-6-15-14(20-9-21-15)5-12(13)3-4-17-16/h3-6,10-11,18H,7-9H2,1-2H3. The van der Waals surface area contributed by atoms with Crippen LogP contribution in [0.4, 0.5) is 5.82 Å². The zero-order chi connectivity index (χ0) is 14.4. The summed E-state index contributed by atoms with van der Waals surface area (Å²) in [6, 6.07) is 7.01. The van der Waals surface area contributed by atoms with Crippen LogP contribution in [0.3, 0.4) is 0 Å². The summed E-state index contributed by atoms with van der Waals surface area (Å²) in [5.41, 5.74) is 0. The zero-order valence-electron chi connectivity index (χ0n) is 12.3. The van der Waals surface area contributed by atoms with E-state index in [9.17, 15) is 0 Å². The van der Waals surface area contributed by atoms with Gasteiger partial charge in [0, 0.05) is 36.8 Å². The molecule has 3 heterocycles. The molecule has 2 aliphatic heterocycles. The molecule has 2 aromatic rings. The van der Waals surface area contributed by atoms with Gasteiger partial charge in [0.2, 0.25) is 6.79 Å². The Labute approximate surface area is 123 Å². The van der Waals surface area contributed by atoms with E-state index in [1.54, 1.807) is 0 Å². The van der Waals surface area contributed by atoms with E-state index in [0.717, 1.165) is 41.2 Å². The van der Waals surface area contributed by atoms with E-state index >= 15 is 0 Å². The Morgan fingerprint density at radius 3 is 2.90 bits per heavy atom. The van der Waals surface area contributed by atoms with Crippen LogP contribution in [0, 0.1) is 0 Å². The topological polar surface area (TPSA) is 46.6 Å². The molecule has 1 aromatic heterocycles. The van der Waals surface area contributed by atoms with Crippen molar-refractivity contribution in [1.29, 1.82) is 0 Å².